The summed E-state index contributed by atoms with van der Waals surface area (Å²) in [5.41, 5.74) is 0. The molecule has 2 fully saturated rings. The number of ether oxygens (including phenoxy) is 1. The van der Waals surface area contributed by atoms with Crippen LogP contribution in [0.15, 0.2) is 0 Å². The molecule has 2 aliphatic heterocycles. The van der Waals surface area contributed by atoms with E-state index in [1.165, 1.54) is 32.4 Å². The van der Waals surface area contributed by atoms with Crippen LogP contribution >= 0.6 is 0 Å². The molecular formula is C16H32N2O. The third-order valence-electron chi connectivity index (χ3n) is 5.11. The van der Waals surface area contributed by atoms with E-state index in [1.54, 1.807) is 0 Å². The number of hydrogen-bond acceptors (Lipinski definition) is 3. The molecule has 0 aromatic rings. The molecule has 2 aliphatic rings. The van der Waals surface area contributed by atoms with Crippen molar-refractivity contribution in [2.45, 2.75) is 65.1 Å². The minimum atomic E-state index is 0.441. The van der Waals surface area contributed by atoms with Gasteiger partial charge in [-0.2, -0.15) is 0 Å². The molecule has 1 N–H and O–H groups in total. The van der Waals surface area contributed by atoms with Crippen LogP contribution < -0.4 is 5.32 Å². The smallest absolute Gasteiger partial charge is 0.0726 e. The Balaban J connectivity index is 1.69. The molecule has 5 atom stereocenters. The van der Waals surface area contributed by atoms with Gasteiger partial charge in [0.1, 0.15) is 0 Å². The molecular weight excluding hydrogens is 236 g/mol. The lowest BCUT2D eigenvalue weighted by molar-refractivity contribution is 0.0679. The molecule has 0 aromatic heterocycles. The monoisotopic (exact) mass is 268 g/mol. The first-order valence-electron chi connectivity index (χ1n) is 8.17. The van der Waals surface area contributed by atoms with Gasteiger partial charge in [0.15, 0.2) is 0 Å². The third-order valence-corrected chi connectivity index (χ3v) is 5.11. The maximum absolute atomic E-state index is 5.74. The first-order valence-corrected chi connectivity index (χ1v) is 8.17. The zero-order chi connectivity index (χ0) is 13.8. The summed E-state index contributed by atoms with van der Waals surface area (Å²) in [6.45, 7) is 13.9. The molecule has 0 spiro atoms. The van der Waals surface area contributed by atoms with Crippen LogP contribution in [-0.2, 0) is 4.74 Å². The van der Waals surface area contributed by atoms with E-state index < -0.39 is 0 Å². The fourth-order valence-corrected chi connectivity index (χ4v) is 3.69. The number of rotatable bonds is 5. The van der Waals surface area contributed by atoms with E-state index in [2.05, 4.69) is 37.9 Å². The number of nitrogens with one attached hydrogen (secondary N) is 1. The van der Waals surface area contributed by atoms with Crippen molar-refractivity contribution in [3.05, 3.63) is 0 Å². The highest BCUT2D eigenvalue weighted by Gasteiger charge is 2.28. The van der Waals surface area contributed by atoms with Crippen LogP contribution in [-0.4, -0.2) is 49.3 Å². The zero-order valence-corrected chi connectivity index (χ0v) is 13.2. The maximum atomic E-state index is 5.74. The van der Waals surface area contributed by atoms with Crippen LogP contribution in [0.5, 0.6) is 0 Å². The minimum Gasteiger partial charge on any atom is -0.377 e. The van der Waals surface area contributed by atoms with Crippen molar-refractivity contribution in [3.63, 3.8) is 0 Å². The number of hydrogen-bond donors (Lipinski definition) is 1. The Labute approximate surface area is 119 Å². The van der Waals surface area contributed by atoms with Crippen molar-refractivity contribution < 1.29 is 4.74 Å². The minimum absolute atomic E-state index is 0.441. The maximum Gasteiger partial charge on any atom is 0.0726 e. The molecule has 19 heavy (non-hydrogen) atoms. The topological polar surface area (TPSA) is 24.5 Å². The molecule has 0 bridgehead atoms. The highest BCUT2D eigenvalue weighted by molar-refractivity contribution is 4.83. The Bertz CT molecular complexity index is 265. The standard InChI is InChI=1S/C16H32N2O/c1-12-10-13(2)15(4)18(11-12)8-7-17-14(3)16-6-5-9-19-16/h12-17H,5-11H2,1-4H3. The third kappa shape index (κ3) is 4.17. The number of nitrogens with zero attached hydrogens (tertiary/aromatic N) is 1. The van der Waals surface area contributed by atoms with Crippen molar-refractivity contribution in [1.82, 2.24) is 10.2 Å². The van der Waals surface area contributed by atoms with E-state index in [1.807, 2.05) is 0 Å². The first-order chi connectivity index (χ1) is 9.08. The molecule has 2 heterocycles. The van der Waals surface area contributed by atoms with Gasteiger partial charge in [-0.3, -0.25) is 4.90 Å². The van der Waals surface area contributed by atoms with E-state index in [0.717, 1.165) is 31.0 Å². The lowest BCUT2D eigenvalue weighted by Gasteiger charge is -2.41. The summed E-state index contributed by atoms with van der Waals surface area (Å²) in [5, 5.41) is 3.66. The number of likely N-dealkylation sites (tertiary alicyclic amines) is 1. The van der Waals surface area contributed by atoms with Gasteiger partial charge in [0.05, 0.1) is 6.10 Å². The second-order valence-corrected chi connectivity index (χ2v) is 6.85. The summed E-state index contributed by atoms with van der Waals surface area (Å²) < 4.78 is 5.74. The highest BCUT2D eigenvalue weighted by Crippen LogP contribution is 2.26. The Morgan fingerprint density at radius 2 is 2.11 bits per heavy atom. The fourth-order valence-electron chi connectivity index (χ4n) is 3.69. The summed E-state index contributed by atoms with van der Waals surface area (Å²) >= 11 is 0. The molecule has 3 nitrogen and oxygen atoms in total. The number of piperidine rings is 1. The molecule has 3 heteroatoms. The van der Waals surface area contributed by atoms with Gasteiger partial charge < -0.3 is 10.1 Å². The lowest BCUT2D eigenvalue weighted by Crippen LogP contribution is -2.49. The Kier molecular flexibility index (Phi) is 5.67. The van der Waals surface area contributed by atoms with Crippen molar-refractivity contribution in [1.29, 1.82) is 0 Å². The van der Waals surface area contributed by atoms with E-state index in [0.29, 0.717) is 12.1 Å². The highest BCUT2D eigenvalue weighted by atomic mass is 16.5. The summed E-state index contributed by atoms with van der Waals surface area (Å²) in [5.74, 6) is 1.68. The van der Waals surface area contributed by atoms with Crippen LogP contribution in [0, 0.1) is 11.8 Å². The van der Waals surface area contributed by atoms with Gasteiger partial charge in [-0.25, -0.2) is 0 Å². The van der Waals surface area contributed by atoms with E-state index in [-0.39, 0.29) is 0 Å². The van der Waals surface area contributed by atoms with E-state index in [4.69, 9.17) is 4.74 Å². The van der Waals surface area contributed by atoms with Gasteiger partial charge in [-0.05, 0) is 44.9 Å². The van der Waals surface area contributed by atoms with E-state index >= 15 is 0 Å². The van der Waals surface area contributed by atoms with Crippen molar-refractivity contribution in [2.24, 2.45) is 11.8 Å². The molecule has 0 saturated carbocycles. The van der Waals surface area contributed by atoms with Crippen LogP contribution in [0.25, 0.3) is 0 Å². The van der Waals surface area contributed by atoms with Crippen LogP contribution in [0.2, 0.25) is 0 Å². The molecule has 112 valence electrons. The van der Waals surface area contributed by atoms with Crippen molar-refractivity contribution in [3.8, 4) is 0 Å². The van der Waals surface area contributed by atoms with Gasteiger partial charge in [-0.1, -0.05) is 13.8 Å². The average Bonchev–Trinajstić information content (AvgIpc) is 2.88. The van der Waals surface area contributed by atoms with Crippen molar-refractivity contribution in [2.75, 3.05) is 26.2 Å². The zero-order valence-electron chi connectivity index (χ0n) is 13.2. The largest absolute Gasteiger partial charge is 0.377 e. The molecule has 0 radical (unpaired) electrons. The van der Waals surface area contributed by atoms with Gasteiger partial charge in [0.25, 0.3) is 0 Å². The molecule has 2 rings (SSSR count). The second-order valence-electron chi connectivity index (χ2n) is 6.85. The SMILES string of the molecule is CC1CC(C)C(C)N(CCNC(C)C2CCCO2)C1. The van der Waals surface area contributed by atoms with E-state index in [9.17, 15) is 0 Å². The molecule has 0 aliphatic carbocycles. The summed E-state index contributed by atoms with van der Waals surface area (Å²) in [4.78, 5) is 2.66. The molecule has 2 saturated heterocycles. The summed E-state index contributed by atoms with van der Waals surface area (Å²) in [6.07, 6.45) is 4.28. The summed E-state index contributed by atoms with van der Waals surface area (Å²) in [6, 6.07) is 1.23. The molecule has 5 unspecified atom stereocenters. The van der Waals surface area contributed by atoms with Gasteiger partial charge in [0.2, 0.25) is 0 Å². The van der Waals surface area contributed by atoms with Crippen LogP contribution in [0.3, 0.4) is 0 Å². The van der Waals surface area contributed by atoms with Gasteiger partial charge in [0, 0.05) is 38.3 Å². The predicted octanol–water partition coefficient (Wildman–Crippen LogP) is 2.51. The van der Waals surface area contributed by atoms with Gasteiger partial charge >= 0.3 is 0 Å². The van der Waals surface area contributed by atoms with Crippen LogP contribution in [0.4, 0.5) is 0 Å². The Hall–Kier alpha value is -0.120. The van der Waals surface area contributed by atoms with Crippen LogP contribution in [0.1, 0.15) is 47.0 Å². The lowest BCUT2D eigenvalue weighted by atomic mass is 9.86. The first kappa shape index (κ1) is 15.3. The second kappa shape index (κ2) is 7.05. The normalized spacial score (nSPS) is 38.5. The fraction of sp³-hybridized carbons (Fsp3) is 1.00. The Morgan fingerprint density at radius 3 is 2.79 bits per heavy atom. The molecule has 0 aromatic carbocycles. The quantitative estimate of drug-likeness (QED) is 0.829. The predicted molar refractivity (Wildman–Crippen MR) is 80.4 cm³/mol. The molecule has 0 amide bonds. The average molecular weight is 268 g/mol. The van der Waals surface area contributed by atoms with Crippen molar-refractivity contribution >= 4 is 0 Å². The van der Waals surface area contributed by atoms with Gasteiger partial charge in [-0.15, -0.1) is 0 Å². The summed E-state index contributed by atoms with van der Waals surface area (Å²) in [7, 11) is 0. The Morgan fingerprint density at radius 1 is 1.32 bits per heavy atom.